The second kappa shape index (κ2) is 9.73. The third-order valence-electron chi connectivity index (χ3n) is 9.00. The van der Waals surface area contributed by atoms with Gasteiger partial charge in [-0.05, 0) is 45.6 Å². The van der Waals surface area contributed by atoms with Gasteiger partial charge in [0.15, 0.2) is 17.0 Å². The second-order valence-corrected chi connectivity index (χ2v) is 16.7. The number of fused-ring (bicyclic) bond motifs is 2. The first-order valence-electron chi connectivity index (χ1n) is 13.9. The first-order valence-corrected chi connectivity index (χ1v) is 15.8. The summed E-state index contributed by atoms with van der Waals surface area (Å²) in [7, 11) is 1.21. The minimum Gasteiger partial charge on any atom is -0.407 e. The third-order valence-corrected chi connectivity index (χ3v) is 14.0. The van der Waals surface area contributed by atoms with E-state index in [1.807, 2.05) is 25.3 Å². The van der Waals surface area contributed by atoms with E-state index in [4.69, 9.17) is 9.41 Å². The molecule has 0 amide bonds. The highest BCUT2D eigenvalue weighted by Crippen LogP contribution is 2.65. The van der Waals surface area contributed by atoms with Gasteiger partial charge in [-0.3, -0.25) is 0 Å². The molecule has 0 aliphatic heterocycles. The fourth-order valence-corrected chi connectivity index (χ4v) is 11.7. The van der Waals surface area contributed by atoms with Crippen LogP contribution in [0, 0.1) is 11.8 Å². The lowest BCUT2D eigenvalue weighted by Crippen LogP contribution is -2.67. The van der Waals surface area contributed by atoms with Crippen LogP contribution in [0.1, 0.15) is 33.6 Å². The van der Waals surface area contributed by atoms with E-state index in [0.29, 0.717) is 12.5 Å². The van der Waals surface area contributed by atoms with Crippen molar-refractivity contribution in [2.75, 3.05) is 25.6 Å². The van der Waals surface area contributed by atoms with Crippen LogP contribution in [0.2, 0.25) is 5.04 Å². The van der Waals surface area contributed by atoms with Gasteiger partial charge < -0.3 is 13.9 Å². The van der Waals surface area contributed by atoms with Crippen LogP contribution in [0.5, 0.6) is 0 Å². The standard InChI is InChI=1S/C30H36N8OSi/c1-29(2,3)40(21-12-8-6-9-13-21,22-14-10-7-11-15-22)39-18-23-24-16-30(24,17-25(23)35-36-31)38-20-34-26-27(37(4)5)32-19-33-28(26)38/h6-15,19-20,23-25H,16-18H2,1-5H3/t23-,24-,25-,30-/m0/s1. The Hall–Kier alpha value is -3.72. The van der Waals surface area contributed by atoms with Crippen LogP contribution < -0.4 is 15.3 Å². The lowest BCUT2D eigenvalue weighted by molar-refractivity contribution is 0.209. The van der Waals surface area contributed by atoms with Crippen LogP contribution in [0.15, 0.2) is 78.4 Å². The van der Waals surface area contributed by atoms with Crippen molar-refractivity contribution in [3.63, 3.8) is 0 Å². The highest BCUT2D eigenvalue weighted by atomic mass is 28.4. The molecule has 2 aromatic carbocycles. The number of hydrogen-bond donors (Lipinski definition) is 0. The Labute approximate surface area is 236 Å². The number of aromatic nitrogens is 4. The van der Waals surface area contributed by atoms with Crippen LogP contribution in [0.4, 0.5) is 5.82 Å². The smallest absolute Gasteiger partial charge is 0.261 e. The molecule has 0 unspecified atom stereocenters. The Balaban J connectivity index is 1.38. The zero-order valence-electron chi connectivity index (χ0n) is 23.8. The van der Waals surface area contributed by atoms with Crippen molar-refractivity contribution in [1.82, 2.24) is 19.5 Å². The summed E-state index contributed by atoms with van der Waals surface area (Å²) in [6.45, 7) is 7.41. The summed E-state index contributed by atoms with van der Waals surface area (Å²) >= 11 is 0. The molecule has 0 N–H and O–H groups in total. The fourth-order valence-electron chi connectivity index (χ4n) is 7.14. The van der Waals surface area contributed by atoms with E-state index in [9.17, 15) is 5.53 Å². The molecule has 2 heterocycles. The Bertz CT molecular complexity index is 1520. The molecule has 2 fully saturated rings. The Morgan fingerprint density at radius 3 is 2.25 bits per heavy atom. The van der Waals surface area contributed by atoms with Crippen LogP contribution in [0.3, 0.4) is 0 Å². The molecule has 2 aliphatic rings. The summed E-state index contributed by atoms with van der Waals surface area (Å²) in [5.74, 6) is 1.22. The van der Waals surface area contributed by atoms with Gasteiger partial charge in [0.1, 0.15) is 6.33 Å². The number of hydrogen-bond acceptors (Lipinski definition) is 6. The molecule has 4 aromatic rings. The average Bonchev–Trinajstić information content (AvgIpc) is 3.33. The zero-order valence-corrected chi connectivity index (χ0v) is 24.8. The topological polar surface area (TPSA) is 105 Å². The zero-order chi connectivity index (χ0) is 28.1. The average molecular weight is 553 g/mol. The molecule has 0 spiro atoms. The van der Waals surface area contributed by atoms with Crippen molar-refractivity contribution in [2.24, 2.45) is 17.0 Å². The molecule has 2 aliphatic carbocycles. The molecule has 0 bridgehead atoms. The molecule has 9 nitrogen and oxygen atoms in total. The fraction of sp³-hybridized carbons (Fsp3) is 0.433. The molecule has 40 heavy (non-hydrogen) atoms. The van der Waals surface area contributed by atoms with Crippen LogP contribution in [-0.2, 0) is 9.96 Å². The minimum absolute atomic E-state index is 0.102. The van der Waals surface area contributed by atoms with E-state index >= 15 is 0 Å². The van der Waals surface area contributed by atoms with Gasteiger partial charge in [0, 0.05) is 31.7 Å². The summed E-state index contributed by atoms with van der Waals surface area (Å²) < 4.78 is 9.54. The number of benzene rings is 2. The Kier molecular flexibility index (Phi) is 6.44. The first-order chi connectivity index (χ1) is 19.2. The van der Waals surface area contributed by atoms with Gasteiger partial charge in [0.25, 0.3) is 8.32 Å². The summed E-state index contributed by atoms with van der Waals surface area (Å²) in [6.07, 6.45) is 5.24. The Morgan fingerprint density at radius 1 is 1.02 bits per heavy atom. The van der Waals surface area contributed by atoms with Crippen molar-refractivity contribution in [3.05, 3.63) is 83.8 Å². The third kappa shape index (κ3) is 4.01. The molecule has 206 valence electrons. The van der Waals surface area contributed by atoms with E-state index in [-0.39, 0.29) is 22.5 Å². The summed E-state index contributed by atoms with van der Waals surface area (Å²) in [5.41, 5.74) is 11.0. The largest absolute Gasteiger partial charge is 0.407 e. The van der Waals surface area contributed by atoms with Gasteiger partial charge in [-0.25, -0.2) is 15.0 Å². The summed E-state index contributed by atoms with van der Waals surface area (Å²) in [5, 5.41) is 6.70. The van der Waals surface area contributed by atoms with Gasteiger partial charge in [0.05, 0.1) is 11.9 Å². The normalized spacial score (nSPS) is 24.0. The van der Waals surface area contributed by atoms with Crippen molar-refractivity contribution in [2.45, 2.75) is 50.2 Å². The predicted octanol–water partition coefficient (Wildman–Crippen LogP) is 4.88. The summed E-state index contributed by atoms with van der Waals surface area (Å²) in [6, 6.07) is 21.2. The predicted molar refractivity (Wildman–Crippen MR) is 160 cm³/mol. The molecule has 4 atom stereocenters. The van der Waals surface area contributed by atoms with Crippen molar-refractivity contribution >= 4 is 35.7 Å². The molecule has 6 rings (SSSR count). The Morgan fingerprint density at radius 2 is 1.68 bits per heavy atom. The molecule has 2 saturated carbocycles. The molecular weight excluding hydrogens is 516 g/mol. The van der Waals surface area contributed by atoms with Gasteiger partial charge in [0.2, 0.25) is 0 Å². The highest BCUT2D eigenvalue weighted by molar-refractivity contribution is 6.99. The number of azide groups is 1. The lowest BCUT2D eigenvalue weighted by atomic mass is 10.0. The highest BCUT2D eigenvalue weighted by Gasteiger charge is 2.67. The molecule has 0 saturated heterocycles. The van der Waals surface area contributed by atoms with Gasteiger partial charge in [-0.2, -0.15) is 0 Å². The van der Waals surface area contributed by atoms with E-state index in [1.165, 1.54) is 10.4 Å². The number of anilines is 1. The maximum absolute atomic E-state index is 9.52. The van der Waals surface area contributed by atoms with E-state index in [2.05, 4.69) is 106 Å². The molecule has 10 heteroatoms. The van der Waals surface area contributed by atoms with E-state index < -0.39 is 8.32 Å². The van der Waals surface area contributed by atoms with Crippen molar-refractivity contribution in [3.8, 4) is 0 Å². The molecular formula is C30H36N8OSi. The number of nitrogens with zero attached hydrogens (tertiary/aromatic N) is 8. The lowest BCUT2D eigenvalue weighted by Gasteiger charge is -2.44. The van der Waals surface area contributed by atoms with Gasteiger partial charge in [-0.15, -0.1) is 0 Å². The van der Waals surface area contributed by atoms with E-state index in [1.54, 1.807) is 6.33 Å². The van der Waals surface area contributed by atoms with Crippen LogP contribution in [-0.4, -0.2) is 54.6 Å². The number of imidazole rings is 1. The second-order valence-electron chi connectivity index (χ2n) is 12.4. The van der Waals surface area contributed by atoms with Crippen molar-refractivity contribution < 1.29 is 4.43 Å². The van der Waals surface area contributed by atoms with Gasteiger partial charge in [-0.1, -0.05) is 86.5 Å². The van der Waals surface area contributed by atoms with Crippen molar-refractivity contribution in [1.29, 1.82) is 0 Å². The molecule has 2 aromatic heterocycles. The SMILES string of the molecule is CN(C)c1ncnc2c1ncn2[C@@]12C[C@H](N=[N+]=[N-])[C@@H](CO[Si](c3ccccc3)(c3ccccc3)C(C)(C)C)[C@@H]1C2. The monoisotopic (exact) mass is 552 g/mol. The molecule has 0 radical (unpaired) electrons. The van der Waals surface area contributed by atoms with Gasteiger partial charge >= 0.3 is 0 Å². The van der Waals surface area contributed by atoms with E-state index in [0.717, 1.165) is 29.8 Å². The summed E-state index contributed by atoms with van der Waals surface area (Å²) in [4.78, 5) is 19.0. The maximum atomic E-state index is 9.52. The first kappa shape index (κ1) is 26.5. The van der Waals surface area contributed by atoms with Crippen LogP contribution in [0.25, 0.3) is 21.6 Å². The number of rotatable bonds is 8. The minimum atomic E-state index is -2.71. The quantitative estimate of drug-likeness (QED) is 0.134. The maximum Gasteiger partial charge on any atom is 0.261 e. The van der Waals surface area contributed by atoms with Crippen LogP contribution >= 0.6 is 0 Å².